The lowest BCUT2D eigenvalue weighted by Gasteiger charge is -2.09. The van der Waals surface area contributed by atoms with Crippen LogP contribution in [0.2, 0.25) is 0 Å². The summed E-state index contributed by atoms with van der Waals surface area (Å²) in [5.74, 6) is 0.582. The lowest BCUT2D eigenvalue weighted by molar-refractivity contribution is 0.601. The molecule has 0 aliphatic carbocycles. The second kappa shape index (κ2) is 20.7. The van der Waals surface area contributed by atoms with Crippen LogP contribution < -0.4 is 0 Å². The standard InChI is InChI=1S/C44H34N4O.C2H6.C2H4.CH3Cl/c1-29(39-24-22-36(27-46-39)33-12-6-4-7-13-33)26-41(40-25-23-37(28-47-40)34-14-8-5-9-15-34)48-31(3)32-18-20-35(21-19-32)43(45)44-30(2)38-16-10-11-17-42(38)49-44;3*1-2/h4-28,45H,1H2,2-3H3;1-2H3;1-2H2;1H3/b41-26-,45-43?,48-31?;;;. The number of allylic oxidation sites excluding steroid dienone is 2. The number of para-hydroxylation sites is 1. The number of nitrogens with zero attached hydrogens (tertiary/aromatic N) is 3. The van der Waals surface area contributed by atoms with Crippen molar-refractivity contribution < 1.29 is 4.42 Å². The van der Waals surface area contributed by atoms with Crippen LogP contribution in [-0.4, -0.2) is 27.8 Å². The Kier molecular flexibility index (Phi) is 15.6. The van der Waals surface area contributed by atoms with Gasteiger partial charge in [-0.15, -0.1) is 24.8 Å². The quantitative estimate of drug-likeness (QED) is 0.0692. The Labute approximate surface area is 330 Å². The van der Waals surface area contributed by atoms with Gasteiger partial charge < -0.3 is 4.42 Å². The molecule has 7 aromatic rings. The van der Waals surface area contributed by atoms with Crippen LogP contribution in [0.15, 0.2) is 181 Å². The third-order valence-electron chi connectivity index (χ3n) is 8.59. The molecule has 3 aromatic heterocycles. The Hall–Kier alpha value is -6.43. The second-order valence-corrected chi connectivity index (χ2v) is 11.9. The molecule has 0 saturated heterocycles. The van der Waals surface area contributed by atoms with Gasteiger partial charge in [0.15, 0.2) is 5.76 Å². The van der Waals surface area contributed by atoms with Crippen LogP contribution in [0.5, 0.6) is 0 Å². The predicted molar refractivity (Wildman–Crippen MR) is 236 cm³/mol. The first-order chi connectivity index (χ1) is 26.9. The number of nitrogens with one attached hydrogen (secondary N) is 1. The van der Waals surface area contributed by atoms with Crippen molar-refractivity contribution in [1.29, 1.82) is 5.41 Å². The lowest BCUT2D eigenvalue weighted by atomic mass is 10.0. The topological polar surface area (TPSA) is 75.1 Å². The Balaban J connectivity index is 0.00000107. The molecule has 55 heavy (non-hydrogen) atoms. The van der Waals surface area contributed by atoms with Gasteiger partial charge in [-0.05, 0) is 60.4 Å². The number of fused-ring (bicyclic) bond motifs is 1. The molecular formula is C49H47ClN4O. The number of aryl methyl sites for hydroxylation is 1. The molecule has 1 N–H and O–H groups in total. The van der Waals surface area contributed by atoms with Crippen molar-refractivity contribution >= 4 is 45.3 Å². The Morgan fingerprint density at radius 2 is 1.15 bits per heavy atom. The Bertz CT molecular complexity index is 2360. The van der Waals surface area contributed by atoms with Crippen LogP contribution >= 0.6 is 11.6 Å². The average Bonchev–Trinajstić information content (AvgIpc) is 3.61. The van der Waals surface area contributed by atoms with Crippen LogP contribution in [-0.2, 0) is 0 Å². The van der Waals surface area contributed by atoms with E-state index in [2.05, 4.69) is 67.7 Å². The van der Waals surface area contributed by atoms with Gasteiger partial charge in [-0.2, -0.15) is 0 Å². The first-order valence-corrected chi connectivity index (χ1v) is 18.8. The number of aromatic nitrogens is 2. The van der Waals surface area contributed by atoms with Crippen LogP contribution in [0.3, 0.4) is 0 Å². The van der Waals surface area contributed by atoms with Gasteiger partial charge in [0.05, 0.1) is 17.1 Å². The van der Waals surface area contributed by atoms with Crippen LogP contribution in [0.4, 0.5) is 0 Å². The summed E-state index contributed by atoms with van der Waals surface area (Å²) in [5, 5.41) is 9.91. The number of hydrogen-bond donors (Lipinski definition) is 1. The maximum absolute atomic E-state index is 8.89. The monoisotopic (exact) mass is 742 g/mol. The molecule has 6 heteroatoms. The fourth-order valence-electron chi connectivity index (χ4n) is 5.80. The summed E-state index contributed by atoms with van der Waals surface area (Å²) in [6.45, 7) is 18.3. The summed E-state index contributed by atoms with van der Waals surface area (Å²) in [4.78, 5) is 14.6. The minimum absolute atomic E-state index is 0.347. The van der Waals surface area contributed by atoms with Gasteiger partial charge in [0.1, 0.15) is 11.3 Å². The highest BCUT2D eigenvalue weighted by Crippen LogP contribution is 2.28. The first-order valence-electron chi connectivity index (χ1n) is 18.0. The van der Waals surface area contributed by atoms with E-state index in [1.807, 2.05) is 143 Å². The van der Waals surface area contributed by atoms with Gasteiger partial charge in [0.25, 0.3) is 0 Å². The van der Waals surface area contributed by atoms with Gasteiger partial charge in [-0.25, -0.2) is 0 Å². The van der Waals surface area contributed by atoms with Crippen molar-refractivity contribution in [3.8, 4) is 22.3 Å². The number of pyridine rings is 2. The third-order valence-corrected chi connectivity index (χ3v) is 8.59. The number of rotatable bonds is 9. The molecule has 0 amide bonds. The van der Waals surface area contributed by atoms with Crippen molar-refractivity contribution in [1.82, 2.24) is 9.97 Å². The van der Waals surface area contributed by atoms with E-state index in [0.717, 1.165) is 72.6 Å². The fourth-order valence-corrected chi connectivity index (χ4v) is 5.80. The van der Waals surface area contributed by atoms with E-state index >= 15 is 0 Å². The number of aliphatic imine (C=N–C) groups is 1. The van der Waals surface area contributed by atoms with Crippen LogP contribution in [0, 0.1) is 12.3 Å². The van der Waals surface area contributed by atoms with E-state index in [4.69, 9.17) is 24.8 Å². The van der Waals surface area contributed by atoms with Gasteiger partial charge in [0.2, 0.25) is 0 Å². The lowest BCUT2D eigenvalue weighted by Crippen LogP contribution is -2.03. The zero-order valence-electron chi connectivity index (χ0n) is 32.2. The molecule has 0 radical (unpaired) electrons. The van der Waals surface area contributed by atoms with Crippen LogP contribution in [0.1, 0.15) is 54.6 Å². The van der Waals surface area contributed by atoms with E-state index in [1.165, 1.54) is 6.38 Å². The summed E-state index contributed by atoms with van der Waals surface area (Å²) >= 11 is 4.64. The molecule has 3 heterocycles. The zero-order chi connectivity index (χ0) is 39.7. The van der Waals surface area contributed by atoms with Crippen molar-refractivity contribution in [2.45, 2.75) is 27.7 Å². The number of hydrogen-bond acceptors (Lipinski definition) is 5. The smallest absolute Gasteiger partial charge is 0.156 e. The molecule has 0 unspecified atom stereocenters. The molecule has 0 spiro atoms. The molecular weight excluding hydrogens is 696 g/mol. The molecule has 5 nitrogen and oxygen atoms in total. The predicted octanol–water partition coefficient (Wildman–Crippen LogP) is 13.5. The molecule has 0 atom stereocenters. The maximum Gasteiger partial charge on any atom is 0.156 e. The number of furan rings is 1. The highest BCUT2D eigenvalue weighted by Gasteiger charge is 2.16. The van der Waals surface area contributed by atoms with Crippen molar-refractivity contribution in [3.05, 3.63) is 206 Å². The summed E-state index contributed by atoms with van der Waals surface area (Å²) in [6, 6.07) is 44.2. The molecule has 0 saturated carbocycles. The molecule has 4 aromatic carbocycles. The highest BCUT2D eigenvalue weighted by molar-refractivity contribution is 6.15. The van der Waals surface area contributed by atoms with Gasteiger partial charge in [-0.1, -0.05) is 136 Å². The van der Waals surface area contributed by atoms with E-state index in [-0.39, 0.29) is 0 Å². The molecule has 7 rings (SSSR count). The van der Waals surface area contributed by atoms with Crippen LogP contribution in [0.25, 0.3) is 44.5 Å². The van der Waals surface area contributed by atoms with Crippen molar-refractivity contribution in [3.63, 3.8) is 0 Å². The molecule has 0 fully saturated rings. The minimum Gasteiger partial charge on any atom is -0.454 e. The normalized spacial score (nSPS) is 10.9. The largest absolute Gasteiger partial charge is 0.454 e. The number of benzene rings is 4. The SMILES string of the molecule is C=C.C=C(/C=C(\N=C(C)c1ccc(C(=N)c2oc3ccccc3c2C)cc1)c1ccc(-c2ccccc2)cn1)c1ccc(-c2ccccc2)cn1.CC.CCl. The van der Waals surface area contributed by atoms with Crippen molar-refractivity contribution in [2.75, 3.05) is 6.38 Å². The number of halogens is 1. The van der Waals surface area contributed by atoms with Crippen molar-refractivity contribution in [2.24, 2.45) is 4.99 Å². The summed E-state index contributed by atoms with van der Waals surface area (Å²) in [6.07, 6.45) is 7.16. The minimum atomic E-state index is 0.347. The molecule has 0 aliphatic heterocycles. The fraction of sp³-hybridized carbons (Fsp3) is 0.102. The first kappa shape index (κ1) is 41.3. The Morgan fingerprint density at radius 3 is 1.65 bits per heavy atom. The molecule has 0 bridgehead atoms. The maximum atomic E-state index is 8.89. The highest BCUT2D eigenvalue weighted by atomic mass is 35.5. The summed E-state index contributed by atoms with van der Waals surface area (Å²) in [5.41, 5.74) is 11.8. The Morgan fingerprint density at radius 1 is 0.655 bits per heavy atom. The number of alkyl halides is 1. The van der Waals surface area contributed by atoms with Gasteiger partial charge in [0, 0.05) is 52.1 Å². The average molecular weight is 743 g/mol. The van der Waals surface area contributed by atoms with E-state index < -0.39 is 0 Å². The summed E-state index contributed by atoms with van der Waals surface area (Å²) in [7, 11) is 0. The van der Waals surface area contributed by atoms with Gasteiger partial charge >= 0.3 is 0 Å². The second-order valence-electron chi connectivity index (χ2n) is 11.9. The molecule has 0 aliphatic rings. The molecule has 276 valence electrons. The van der Waals surface area contributed by atoms with E-state index in [0.29, 0.717) is 17.2 Å². The van der Waals surface area contributed by atoms with E-state index in [9.17, 15) is 0 Å². The van der Waals surface area contributed by atoms with Gasteiger partial charge in [-0.3, -0.25) is 20.4 Å². The van der Waals surface area contributed by atoms with E-state index in [1.54, 1.807) is 0 Å². The zero-order valence-corrected chi connectivity index (χ0v) is 32.9. The third kappa shape index (κ3) is 10.2. The summed E-state index contributed by atoms with van der Waals surface area (Å²) < 4.78 is 6.06.